The molecular weight excluding hydrogens is 307 g/mol. The summed E-state index contributed by atoms with van der Waals surface area (Å²) in [5.41, 5.74) is 1.51. The number of carbonyl (C=O) groups is 1. The lowest BCUT2D eigenvalue weighted by Crippen LogP contribution is -2.43. The number of ether oxygens (including phenoxy) is 1. The van der Waals surface area contributed by atoms with Crippen LogP contribution in [-0.4, -0.2) is 43.7 Å². The van der Waals surface area contributed by atoms with E-state index in [0.29, 0.717) is 18.8 Å². The molecule has 0 aromatic heterocycles. The average Bonchev–Trinajstić information content (AvgIpc) is 2.63. The summed E-state index contributed by atoms with van der Waals surface area (Å²) in [7, 11) is 0. The molecule has 1 saturated heterocycles. The summed E-state index contributed by atoms with van der Waals surface area (Å²) >= 11 is 0. The summed E-state index contributed by atoms with van der Waals surface area (Å²) in [5, 5.41) is 3.07. The van der Waals surface area contributed by atoms with Gasteiger partial charge >= 0.3 is 0 Å². The highest BCUT2D eigenvalue weighted by molar-refractivity contribution is 5.94. The number of carbonyl (C=O) groups excluding carboxylic acids is 1. The van der Waals surface area contributed by atoms with E-state index in [4.69, 9.17) is 4.74 Å². The van der Waals surface area contributed by atoms with Crippen LogP contribution in [0.2, 0.25) is 0 Å². The molecule has 0 radical (unpaired) electrons. The molecule has 2 aromatic rings. The molecule has 0 bridgehead atoms. The molecule has 1 heterocycles. The van der Waals surface area contributed by atoms with Crippen LogP contribution in [0.1, 0.15) is 22.0 Å². The number of nitrogens with one attached hydrogen (secondary N) is 1. The minimum atomic E-state index is -0.348. The van der Waals surface area contributed by atoms with Crippen molar-refractivity contribution >= 4 is 5.91 Å². The van der Waals surface area contributed by atoms with Gasteiger partial charge in [0.15, 0.2) is 0 Å². The first kappa shape index (κ1) is 16.6. The number of rotatable bonds is 5. The molecule has 4 nitrogen and oxygen atoms in total. The van der Waals surface area contributed by atoms with Crippen molar-refractivity contribution in [3.63, 3.8) is 0 Å². The van der Waals surface area contributed by atoms with Gasteiger partial charge in [0.05, 0.1) is 19.3 Å². The van der Waals surface area contributed by atoms with Crippen molar-refractivity contribution in [1.29, 1.82) is 0 Å². The van der Waals surface area contributed by atoms with Crippen molar-refractivity contribution in [3.8, 4) is 0 Å². The third kappa shape index (κ3) is 4.40. The summed E-state index contributed by atoms with van der Waals surface area (Å²) < 4.78 is 18.4. The van der Waals surface area contributed by atoms with Gasteiger partial charge in [-0.3, -0.25) is 9.69 Å². The first-order valence-corrected chi connectivity index (χ1v) is 8.14. The van der Waals surface area contributed by atoms with Crippen LogP contribution in [0.15, 0.2) is 54.6 Å². The summed E-state index contributed by atoms with van der Waals surface area (Å²) in [6.45, 7) is 3.87. The number of morpholine rings is 1. The van der Waals surface area contributed by atoms with E-state index in [1.165, 1.54) is 24.3 Å². The molecule has 126 valence electrons. The Hall–Kier alpha value is -2.24. The van der Waals surface area contributed by atoms with Crippen LogP contribution < -0.4 is 5.32 Å². The zero-order chi connectivity index (χ0) is 16.8. The Labute approximate surface area is 141 Å². The van der Waals surface area contributed by atoms with Gasteiger partial charge < -0.3 is 10.1 Å². The smallest absolute Gasteiger partial charge is 0.251 e. The second kappa shape index (κ2) is 8.04. The maximum absolute atomic E-state index is 13.0. The van der Waals surface area contributed by atoms with Crippen LogP contribution in [0.25, 0.3) is 0 Å². The molecular formula is C19H21FN2O2. The molecule has 1 atom stereocenters. The number of benzene rings is 2. The fourth-order valence-corrected chi connectivity index (χ4v) is 2.80. The van der Waals surface area contributed by atoms with Gasteiger partial charge in [-0.1, -0.05) is 30.3 Å². The van der Waals surface area contributed by atoms with Crippen molar-refractivity contribution in [2.24, 2.45) is 0 Å². The van der Waals surface area contributed by atoms with Crippen LogP contribution in [0, 0.1) is 5.82 Å². The highest BCUT2D eigenvalue weighted by Gasteiger charge is 2.20. The predicted octanol–water partition coefficient (Wildman–Crippen LogP) is 2.63. The highest BCUT2D eigenvalue weighted by atomic mass is 19.1. The average molecular weight is 328 g/mol. The Morgan fingerprint density at radius 3 is 2.42 bits per heavy atom. The SMILES string of the molecule is O=C(N[C@@H](CN1CCOCC1)c1ccccc1)c1ccc(F)cc1. The Kier molecular flexibility index (Phi) is 5.56. The molecule has 0 unspecified atom stereocenters. The van der Waals surface area contributed by atoms with E-state index in [1.807, 2.05) is 30.3 Å². The van der Waals surface area contributed by atoms with Crippen LogP contribution in [0.5, 0.6) is 0 Å². The van der Waals surface area contributed by atoms with E-state index in [-0.39, 0.29) is 17.8 Å². The maximum atomic E-state index is 13.0. The number of hydrogen-bond acceptors (Lipinski definition) is 3. The number of nitrogens with zero attached hydrogens (tertiary/aromatic N) is 1. The van der Waals surface area contributed by atoms with Crippen molar-refractivity contribution in [1.82, 2.24) is 10.2 Å². The molecule has 1 fully saturated rings. The highest BCUT2D eigenvalue weighted by Crippen LogP contribution is 2.16. The first-order chi connectivity index (χ1) is 11.7. The van der Waals surface area contributed by atoms with E-state index in [9.17, 15) is 9.18 Å². The summed E-state index contributed by atoms with van der Waals surface area (Å²) in [6.07, 6.45) is 0. The third-order valence-electron chi connectivity index (χ3n) is 4.16. The molecule has 1 aliphatic rings. The number of amides is 1. The normalized spacial score (nSPS) is 16.5. The van der Waals surface area contributed by atoms with Crippen molar-refractivity contribution in [2.45, 2.75) is 6.04 Å². The Balaban J connectivity index is 1.73. The molecule has 24 heavy (non-hydrogen) atoms. The fraction of sp³-hybridized carbons (Fsp3) is 0.316. The maximum Gasteiger partial charge on any atom is 0.251 e. The van der Waals surface area contributed by atoms with E-state index in [0.717, 1.165) is 25.2 Å². The lowest BCUT2D eigenvalue weighted by Gasteiger charge is -2.31. The molecule has 1 aliphatic heterocycles. The lowest BCUT2D eigenvalue weighted by molar-refractivity contribution is 0.0332. The second-order valence-electron chi connectivity index (χ2n) is 5.86. The van der Waals surface area contributed by atoms with Crippen molar-refractivity contribution in [2.75, 3.05) is 32.8 Å². The molecule has 2 aromatic carbocycles. The van der Waals surface area contributed by atoms with Gasteiger partial charge in [0.2, 0.25) is 0 Å². The quantitative estimate of drug-likeness (QED) is 0.917. The van der Waals surface area contributed by atoms with E-state index in [2.05, 4.69) is 10.2 Å². The molecule has 0 aliphatic carbocycles. The largest absolute Gasteiger partial charge is 0.379 e. The zero-order valence-electron chi connectivity index (χ0n) is 13.5. The summed E-state index contributed by atoms with van der Waals surface area (Å²) in [4.78, 5) is 14.8. The molecule has 0 saturated carbocycles. The fourth-order valence-electron chi connectivity index (χ4n) is 2.80. The Bertz CT molecular complexity index is 655. The van der Waals surface area contributed by atoms with Crippen molar-refractivity contribution < 1.29 is 13.9 Å². The van der Waals surface area contributed by atoms with Gasteiger partial charge in [-0.05, 0) is 29.8 Å². The van der Waals surface area contributed by atoms with E-state index < -0.39 is 0 Å². The van der Waals surface area contributed by atoms with Crippen LogP contribution in [-0.2, 0) is 4.74 Å². The topological polar surface area (TPSA) is 41.6 Å². The van der Waals surface area contributed by atoms with Gasteiger partial charge in [-0.25, -0.2) is 4.39 Å². The molecule has 1 amide bonds. The minimum absolute atomic E-state index is 0.123. The monoisotopic (exact) mass is 328 g/mol. The summed E-state index contributed by atoms with van der Waals surface area (Å²) in [6, 6.07) is 15.4. The molecule has 1 N–H and O–H groups in total. The molecule has 5 heteroatoms. The van der Waals surface area contributed by atoms with Gasteiger partial charge in [0.1, 0.15) is 5.82 Å². The van der Waals surface area contributed by atoms with E-state index in [1.54, 1.807) is 0 Å². The van der Waals surface area contributed by atoms with Crippen LogP contribution in [0.4, 0.5) is 4.39 Å². The van der Waals surface area contributed by atoms with Crippen LogP contribution in [0.3, 0.4) is 0 Å². The van der Waals surface area contributed by atoms with Gasteiger partial charge in [-0.2, -0.15) is 0 Å². The third-order valence-corrected chi connectivity index (χ3v) is 4.16. The first-order valence-electron chi connectivity index (χ1n) is 8.14. The van der Waals surface area contributed by atoms with Gasteiger partial charge in [0.25, 0.3) is 5.91 Å². The Morgan fingerprint density at radius 2 is 1.75 bits per heavy atom. The van der Waals surface area contributed by atoms with Crippen molar-refractivity contribution in [3.05, 3.63) is 71.5 Å². The van der Waals surface area contributed by atoms with E-state index >= 15 is 0 Å². The minimum Gasteiger partial charge on any atom is -0.379 e. The number of hydrogen-bond donors (Lipinski definition) is 1. The molecule has 0 spiro atoms. The summed E-state index contributed by atoms with van der Waals surface area (Å²) in [5.74, 6) is -0.545. The standard InChI is InChI=1S/C19H21FN2O2/c20-17-8-6-16(7-9-17)19(23)21-18(15-4-2-1-3-5-15)14-22-10-12-24-13-11-22/h1-9,18H,10-14H2,(H,21,23)/t18-/m0/s1. The van der Waals surface area contributed by atoms with Crippen LogP contribution >= 0.6 is 0 Å². The second-order valence-corrected chi connectivity index (χ2v) is 5.86. The Morgan fingerprint density at radius 1 is 1.08 bits per heavy atom. The van der Waals surface area contributed by atoms with Gasteiger partial charge in [0, 0.05) is 25.2 Å². The molecule has 3 rings (SSSR count). The number of halogens is 1. The zero-order valence-corrected chi connectivity index (χ0v) is 13.5. The lowest BCUT2D eigenvalue weighted by atomic mass is 10.1. The van der Waals surface area contributed by atoms with Gasteiger partial charge in [-0.15, -0.1) is 0 Å². The predicted molar refractivity (Wildman–Crippen MR) is 90.3 cm³/mol.